The van der Waals surface area contributed by atoms with Gasteiger partial charge in [0.05, 0.1) is 5.56 Å². The third-order valence-electron chi connectivity index (χ3n) is 5.20. The van der Waals surface area contributed by atoms with E-state index in [0.29, 0.717) is 22.4 Å². The summed E-state index contributed by atoms with van der Waals surface area (Å²) in [5, 5.41) is 0. The molecule has 0 amide bonds. The maximum Gasteiger partial charge on any atom is 0.417 e. The zero-order chi connectivity index (χ0) is 27.9. The summed E-state index contributed by atoms with van der Waals surface area (Å²) >= 11 is 0. The van der Waals surface area contributed by atoms with Gasteiger partial charge in [-0.05, 0) is 54.8 Å². The van der Waals surface area contributed by atoms with Crippen molar-refractivity contribution in [2.75, 3.05) is 0 Å². The highest BCUT2D eigenvalue weighted by molar-refractivity contribution is 5.90. The molecule has 0 N–H and O–H groups in total. The van der Waals surface area contributed by atoms with Gasteiger partial charge in [-0.25, -0.2) is 9.59 Å². The molecule has 0 aliphatic heterocycles. The smallest absolute Gasteiger partial charge is 0.417 e. The second-order valence-corrected chi connectivity index (χ2v) is 8.46. The van der Waals surface area contributed by atoms with Gasteiger partial charge in [0.25, 0.3) is 0 Å². The first kappa shape index (κ1) is 27.9. The number of para-hydroxylation sites is 1. The molecule has 0 aliphatic carbocycles. The van der Waals surface area contributed by atoms with Crippen LogP contribution in [0.5, 0.6) is 11.5 Å². The van der Waals surface area contributed by atoms with Gasteiger partial charge in [0, 0.05) is 16.7 Å². The van der Waals surface area contributed by atoms with Gasteiger partial charge in [0.2, 0.25) is 0 Å². The van der Waals surface area contributed by atoms with E-state index < -0.39 is 23.7 Å². The molecular weight excluding hydrogens is 493 g/mol. The van der Waals surface area contributed by atoms with Crippen LogP contribution in [0.15, 0.2) is 91.0 Å². The lowest BCUT2D eigenvalue weighted by atomic mass is 10.0. The average molecular weight is 519 g/mol. The second-order valence-electron chi connectivity index (χ2n) is 8.46. The number of rotatable bonds is 8. The van der Waals surface area contributed by atoms with Gasteiger partial charge in [0.1, 0.15) is 11.5 Å². The first-order chi connectivity index (χ1) is 17.9. The lowest BCUT2D eigenvalue weighted by Gasteiger charge is -2.12. The van der Waals surface area contributed by atoms with Crippen LogP contribution in [-0.2, 0) is 15.8 Å². The quantitative estimate of drug-likeness (QED) is 0.131. The van der Waals surface area contributed by atoms with Crippen LogP contribution in [-0.4, -0.2) is 11.9 Å². The molecule has 0 fully saturated rings. The number of carbonyl (C=O) groups is 2. The van der Waals surface area contributed by atoms with Crippen molar-refractivity contribution in [2.45, 2.75) is 20.0 Å². The van der Waals surface area contributed by atoms with Crippen molar-refractivity contribution in [3.63, 3.8) is 0 Å². The third-order valence-corrected chi connectivity index (χ3v) is 5.20. The van der Waals surface area contributed by atoms with Gasteiger partial charge < -0.3 is 9.47 Å². The lowest BCUT2D eigenvalue weighted by molar-refractivity contribution is -0.137. The van der Waals surface area contributed by atoms with Gasteiger partial charge in [0.15, 0.2) is 0 Å². The number of hydrogen-bond donors (Lipinski definition) is 0. The van der Waals surface area contributed by atoms with Crippen LogP contribution in [0.1, 0.15) is 41.7 Å². The Balaban J connectivity index is 1.83. The van der Waals surface area contributed by atoms with Crippen LogP contribution in [0, 0.1) is 0 Å². The molecule has 7 heteroatoms. The molecule has 0 unspecified atom stereocenters. The molecule has 3 rings (SSSR count). The maximum atomic E-state index is 13.9. The van der Waals surface area contributed by atoms with E-state index in [1.165, 1.54) is 32.1 Å². The summed E-state index contributed by atoms with van der Waals surface area (Å²) < 4.78 is 52.0. The van der Waals surface area contributed by atoms with Gasteiger partial charge in [-0.3, -0.25) is 0 Å². The highest BCUT2D eigenvalue weighted by Crippen LogP contribution is 2.34. The molecule has 0 saturated heterocycles. The van der Waals surface area contributed by atoms with Crippen molar-refractivity contribution in [2.24, 2.45) is 0 Å². The van der Waals surface area contributed by atoms with E-state index >= 15 is 0 Å². The molecule has 0 bridgehead atoms. The fourth-order valence-electron chi connectivity index (χ4n) is 3.18. The van der Waals surface area contributed by atoms with E-state index in [2.05, 4.69) is 13.2 Å². The molecule has 0 atom stereocenters. The lowest BCUT2D eigenvalue weighted by Crippen LogP contribution is -2.09. The van der Waals surface area contributed by atoms with E-state index in [0.717, 1.165) is 6.07 Å². The Morgan fingerprint density at radius 3 is 1.89 bits per heavy atom. The highest BCUT2D eigenvalue weighted by Gasteiger charge is 2.32. The SMILES string of the molecule is C=C(C)C(=O)Oc1ccc(/C=C/c2ccc(/C=C/c3ccccc3OC(=O)C(=C)C)c(C(F)(F)F)c2)cc1. The molecule has 3 aromatic rings. The molecule has 4 nitrogen and oxygen atoms in total. The molecule has 194 valence electrons. The zero-order valence-corrected chi connectivity index (χ0v) is 20.8. The number of hydrogen-bond acceptors (Lipinski definition) is 4. The fraction of sp³-hybridized carbons (Fsp3) is 0.0968. The van der Waals surface area contributed by atoms with Crippen molar-refractivity contribution in [1.29, 1.82) is 0 Å². The number of carbonyl (C=O) groups excluding carboxylic acids is 2. The molecular formula is C31H25F3O4. The topological polar surface area (TPSA) is 52.6 Å². The Morgan fingerprint density at radius 2 is 1.26 bits per heavy atom. The van der Waals surface area contributed by atoms with Crippen LogP contribution in [0.2, 0.25) is 0 Å². The number of ether oxygens (including phenoxy) is 2. The van der Waals surface area contributed by atoms with Crippen LogP contribution < -0.4 is 9.47 Å². The van der Waals surface area contributed by atoms with E-state index in [9.17, 15) is 22.8 Å². The summed E-state index contributed by atoms with van der Waals surface area (Å²) in [5.41, 5.74) is 1.11. The van der Waals surface area contributed by atoms with Crippen LogP contribution in [0.25, 0.3) is 24.3 Å². The van der Waals surface area contributed by atoms with E-state index in [4.69, 9.17) is 9.47 Å². The molecule has 0 heterocycles. The molecule has 38 heavy (non-hydrogen) atoms. The highest BCUT2D eigenvalue weighted by atomic mass is 19.4. The Labute approximate surface area is 219 Å². The maximum absolute atomic E-state index is 13.9. The van der Waals surface area contributed by atoms with Crippen molar-refractivity contribution in [3.05, 3.63) is 119 Å². The summed E-state index contributed by atoms with van der Waals surface area (Å²) in [7, 11) is 0. The molecule has 0 radical (unpaired) electrons. The Bertz CT molecular complexity index is 1430. The predicted octanol–water partition coefficient (Wildman–Crippen LogP) is 8.01. The Morgan fingerprint density at radius 1 is 0.711 bits per heavy atom. The first-order valence-corrected chi connectivity index (χ1v) is 11.5. The number of alkyl halides is 3. The zero-order valence-electron chi connectivity index (χ0n) is 20.8. The van der Waals surface area contributed by atoms with Gasteiger partial charge in [-0.2, -0.15) is 13.2 Å². The van der Waals surface area contributed by atoms with Crippen molar-refractivity contribution in [1.82, 2.24) is 0 Å². The van der Waals surface area contributed by atoms with Crippen molar-refractivity contribution < 1.29 is 32.2 Å². The van der Waals surface area contributed by atoms with E-state index in [-0.39, 0.29) is 22.5 Å². The summed E-state index contributed by atoms with van der Waals surface area (Å²) in [6, 6.07) is 17.1. The van der Waals surface area contributed by atoms with E-state index in [1.54, 1.807) is 66.7 Å². The van der Waals surface area contributed by atoms with Gasteiger partial charge in [-0.1, -0.05) is 79.9 Å². The summed E-state index contributed by atoms with van der Waals surface area (Å²) in [6.07, 6.45) is 1.41. The Kier molecular flexibility index (Phi) is 8.86. The summed E-state index contributed by atoms with van der Waals surface area (Å²) in [5.74, 6) is -0.620. The van der Waals surface area contributed by atoms with E-state index in [1.807, 2.05) is 0 Å². The van der Waals surface area contributed by atoms with Crippen molar-refractivity contribution in [3.8, 4) is 11.5 Å². The number of esters is 2. The van der Waals surface area contributed by atoms with Crippen LogP contribution in [0.3, 0.4) is 0 Å². The fourth-order valence-corrected chi connectivity index (χ4v) is 3.18. The molecule has 0 aromatic heterocycles. The third kappa shape index (κ3) is 7.67. The predicted molar refractivity (Wildman–Crippen MR) is 143 cm³/mol. The minimum absolute atomic E-state index is 0.0423. The number of halogens is 3. The minimum Gasteiger partial charge on any atom is -0.423 e. The van der Waals surface area contributed by atoms with Gasteiger partial charge >= 0.3 is 18.1 Å². The summed E-state index contributed by atoms with van der Waals surface area (Å²) in [6.45, 7) is 10.1. The number of benzene rings is 3. The van der Waals surface area contributed by atoms with Crippen molar-refractivity contribution >= 4 is 36.2 Å². The molecule has 3 aromatic carbocycles. The van der Waals surface area contributed by atoms with Crippen LogP contribution >= 0.6 is 0 Å². The summed E-state index contributed by atoms with van der Waals surface area (Å²) in [4.78, 5) is 23.5. The average Bonchev–Trinajstić information content (AvgIpc) is 2.87. The monoisotopic (exact) mass is 518 g/mol. The second kappa shape index (κ2) is 12.1. The molecule has 0 aliphatic rings. The largest absolute Gasteiger partial charge is 0.423 e. The normalized spacial score (nSPS) is 11.5. The first-order valence-electron chi connectivity index (χ1n) is 11.5. The van der Waals surface area contributed by atoms with Gasteiger partial charge in [-0.15, -0.1) is 0 Å². The standard InChI is InChI=1S/C31H25F3O4/c1-20(2)29(35)37-26-17-12-22(13-18-26)9-10-23-11-14-24(27(19-23)31(32,33)34)15-16-25-7-5-6-8-28(25)38-30(36)21(3)4/h5-19H,1,3H2,2,4H3/b10-9+,16-15+. The minimum atomic E-state index is -4.59. The Hall–Kier alpha value is -4.65. The molecule has 0 spiro atoms. The van der Waals surface area contributed by atoms with Crippen LogP contribution in [0.4, 0.5) is 13.2 Å². The molecule has 0 saturated carbocycles.